The van der Waals surface area contributed by atoms with Gasteiger partial charge in [-0.25, -0.2) is 8.42 Å². The Kier molecular flexibility index (Phi) is 7.01. The van der Waals surface area contributed by atoms with Gasteiger partial charge in [0.25, 0.3) is 5.89 Å². The summed E-state index contributed by atoms with van der Waals surface area (Å²) in [5, 5.41) is 3.84. The molecule has 0 aliphatic rings. The number of Topliss-reactive ketones (excluding diaryl/α,β-unsaturated/α-hetero) is 1. The third-order valence-electron chi connectivity index (χ3n) is 4.47. The van der Waals surface area contributed by atoms with Crippen molar-refractivity contribution in [3.05, 3.63) is 60.0 Å². The van der Waals surface area contributed by atoms with Gasteiger partial charge in [0.1, 0.15) is 12.3 Å². The standard InChI is InChI=1S/C21H21N3O7S/c1-14(25)15-7-9-18(10-8-15)32(27,28)24(2)12-20(26)30-13-19-22-21(23-31-19)16-5-4-6-17(11-16)29-3/h4-11H,12-13H2,1-3H3. The van der Waals surface area contributed by atoms with Crippen molar-refractivity contribution < 1.29 is 32.0 Å². The molecule has 0 bridgehead atoms. The van der Waals surface area contributed by atoms with Gasteiger partial charge in [-0.05, 0) is 31.2 Å². The van der Waals surface area contributed by atoms with Gasteiger partial charge in [-0.3, -0.25) is 9.59 Å². The number of hydrogen-bond acceptors (Lipinski definition) is 9. The van der Waals surface area contributed by atoms with Gasteiger partial charge >= 0.3 is 5.97 Å². The Bertz CT molecular complexity index is 1220. The number of carbonyl (C=O) groups excluding carboxylic acids is 2. The van der Waals surface area contributed by atoms with Crippen molar-refractivity contribution in [3.63, 3.8) is 0 Å². The van der Waals surface area contributed by atoms with Crippen LogP contribution in [-0.4, -0.2) is 55.3 Å². The molecule has 1 heterocycles. The number of sulfonamides is 1. The molecule has 0 N–H and O–H groups in total. The molecule has 0 aliphatic heterocycles. The summed E-state index contributed by atoms with van der Waals surface area (Å²) in [5.41, 5.74) is 1.05. The monoisotopic (exact) mass is 459 g/mol. The normalized spacial score (nSPS) is 11.4. The molecule has 11 heteroatoms. The molecule has 10 nitrogen and oxygen atoms in total. The highest BCUT2D eigenvalue weighted by atomic mass is 32.2. The number of carbonyl (C=O) groups is 2. The van der Waals surface area contributed by atoms with E-state index in [1.165, 1.54) is 38.2 Å². The maximum absolute atomic E-state index is 12.6. The van der Waals surface area contributed by atoms with Crippen LogP contribution in [-0.2, 0) is 26.2 Å². The molecule has 168 valence electrons. The van der Waals surface area contributed by atoms with Crippen LogP contribution in [0, 0.1) is 0 Å². The second-order valence-electron chi connectivity index (χ2n) is 6.75. The molecular formula is C21H21N3O7S. The average molecular weight is 459 g/mol. The number of ketones is 1. The number of likely N-dealkylation sites (N-methyl/N-ethyl adjacent to an activating group) is 1. The molecule has 0 unspecified atom stereocenters. The summed E-state index contributed by atoms with van der Waals surface area (Å²) in [4.78, 5) is 27.6. The molecule has 1 aromatic heterocycles. The minimum Gasteiger partial charge on any atom is -0.497 e. The second-order valence-corrected chi connectivity index (χ2v) is 8.79. The fourth-order valence-electron chi connectivity index (χ4n) is 2.69. The first-order valence-corrected chi connectivity index (χ1v) is 10.8. The zero-order valence-electron chi connectivity index (χ0n) is 17.6. The molecule has 0 fully saturated rings. The van der Waals surface area contributed by atoms with Crippen molar-refractivity contribution in [2.45, 2.75) is 18.4 Å². The van der Waals surface area contributed by atoms with Crippen LogP contribution >= 0.6 is 0 Å². The van der Waals surface area contributed by atoms with E-state index in [0.29, 0.717) is 22.7 Å². The molecule has 32 heavy (non-hydrogen) atoms. The van der Waals surface area contributed by atoms with Crippen molar-refractivity contribution in [1.29, 1.82) is 0 Å². The van der Waals surface area contributed by atoms with Crippen LogP contribution in [0.4, 0.5) is 0 Å². The van der Waals surface area contributed by atoms with E-state index in [9.17, 15) is 18.0 Å². The summed E-state index contributed by atoms with van der Waals surface area (Å²) in [6.07, 6.45) is 0. The zero-order valence-corrected chi connectivity index (χ0v) is 18.5. The zero-order chi connectivity index (χ0) is 23.3. The largest absolute Gasteiger partial charge is 0.497 e. The molecule has 3 aromatic rings. The Balaban J connectivity index is 1.58. The van der Waals surface area contributed by atoms with E-state index in [0.717, 1.165) is 4.31 Å². The lowest BCUT2D eigenvalue weighted by Gasteiger charge is -2.16. The minimum atomic E-state index is -3.94. The number of benzene rings is 2. The van der Waals surface area contributed by atoms with E-state index in [-0.39, 0.29) is 23.2 Å². The minimum absolute atomic E-state index is 0.0439. The van der Waals surface area contributed by atoms with E-state index in [1.54, 1.807) is 31.4 Å². The summed E-state index contributed by atoms with van der Waals surface area (Å²) in [6.45, 7) is 0.555. The van der Waals surface area contributed by atoms with Gasteiger partial charge < -0.3 is 14.0 Å². The highest BCUT2D eigenvalue weighted by Gasteiger charge is 2.24. The van der Waals surface area contributed by atoms with Crippen LogP contribution in [0.5, 0.6) is 5.75 Å². The predicted octanol–water partition coefficient (Wildman–Crippen LogP) is 2.31. The lowest BCUT2D eigenvalue weighted by Crippen LogP contribution is -2.33. The Labute approximate surface area is 184 Å². The third-order valence-corrected chi connectivity index (χ3v) is 6.29. The fraction of sp³-hybridized carbons (Fsp3) is 0.238. The molecule has 0 atom stereocenters. The van der Waals surface area contributed by atoms with Gasteiger partial charge in [-0.1, -0.05) is 29.4 Å². The van der Waals surface area contributed by atoms with Gasteiger partial charge in [-0.2, -0.15) is 9.29 Å². The van der Waals surface area contributed by atoms with Gasteiger partial charge in [0, 0.05) is 18.2 Å². The highest BCUT2D eigenvalue weighted by Crippen LogP contribution is 2.21. The average Bonchev–Trinajstić information content (AvgIpc) is 3.27. The van der Waals surface area contributed by atoms with Crippen LogP contribution in [0.15, 0.2) is 57.9 Å². The smallest absolute Gasteiger partial charge is 0.321 e. The van der Waals surface area contributed by atoms with Gasteiger partial charge in [-0.15, -0.1) is 0 Å². The van der Waals surface area contributed by atoms with Crippen molar-refractivity contribution in [1.82, 2.24) is 14.4 Å². The predicted molar refractivity (Wildman–Crippen MR) is 112 cm³/mol. The molecule has 0 saturated carbocycles. The lowest BCUT2D eigenvalue weighted by molar-refractivity contribution is -0.145. The summed E-state index contributed by atoms with van der Waals surface area (Å²) in [7, 11) is -1.15. The fourth-order valence-corrected chi connectivity index (χ4v) is 3.80. The van der Waals surface area contributed by atoms with Crippen LogP contribution in [0.1, 0.15) is 23.2 Å². The number of aromatic nitrogens is 2. The Morgan fingerprint density at radius 1 is 1.12 bits per heavy atom. The first kappa shape index (κ1) is 23.1. The summed E-state index contributed by atoms with van der Waals surface area (Å²) >= 11 is 0. The first-order chi connectivity index (χ1) is 15.2. The number of ether oxygens (including phenoxy) is 2. The van der Waals surface area contributed by atoms with E-state index in [2.05, 4.69) is 10.1 Å². The summed E-state index contributed by atoms with van der Waals surface area (Å²) < 4.78 is 41.4. The Hall–Kier alpha value is -3.57. The van der Waals surface area contributed by atoms with Crippen molar-refractivity contribution in [2.24, 2.45) is 0 Å². The van der Waals surface area contributed by atoms with E-state index in [1.807, 2.05) is 0 Å². The lowest BCUT2D eigenvalue weighted by atomic mass is 10.2. The van der Waals surface area contributed by atoms with Gasteiger partial charge in [0.2, 0.25) is 15.8 Å². The number of nitrogens with zero attached hydrogens (tertiary/aromatic N) is 3. The molecule has 0 aliphatic carbocycles. The topological polar surface area (TPSA) is 129 Å². The molecule has 2 aromatic carbocycles. The van der Waals surface area contributed by atoms with Crippen molar-refractivity contribution in [2.75, 3.05) is 20.7 Å². The Morgan fingerprint density at radius 3 is 2.50 bits per heavy atom. The third kappa shape index (κ3) is 5.37. The van der Waals surface area contributed by atoms with E-state index in [4.69, 9.17) is 14.0 Å². The molecule has 0 spiro atoms. The molecule has 0 saturated heterocycles. The summed E-state index contributed by atoms with van der Waals surface area (Å²) in [6, 6.07) is 12.5. The molecule has 0 amide bonds. The van der Waals surface area contributed by atoms with E-state index >= 15 is 0 Å². The van der Waals surface area contributed by atoms with Crippen LogP contribution < -0.4 is 4.74 Å². The van der Waals surface area contributed by atoms with Crippen molar-refractivity contribution >= 4 is 21.8 Å². The maximum atomic E-state index is 12.6. The number of hydrogen-bond donors (Lipinski definition) is 0. The van der Waals surface area contributed by atoms with Gasteiger partial charge in [0.15, 0.2) is 12.4 Å². The van der Waals surface area contributed by atoms with Crippen molar-refractivity contribution in [3.8, 4) is 17.1 Å². The van der Waals surface area contributed by atoms with Gasteiger partial charge in [0.05, 0.1) is 12.0 Å². The number of methoxy groups -OCH3 is 1. The number of esters is 1. The number of rotatable bonds is 9. The quantitative estimate of drug-likeness (QED) is 0.349. The Morgan fingerprint density at radius 2 is 1.84 bits per heavy atom. The molecule has 0 radical (unpaired) electrons. The molecular weight excluding hydrogens is 438 g/mol. The molecule has 3 rings (SSSR count). The van der Waals surface area contributed by atoms with Crippen LogP contribution in [0.25, 0.3) is 11.4 Å². The van der Waals surface area contributed by atoms with Crippen LogP contribution in [0.2, 0.25) is 0 Å². The first-order valence-electron chi connectivity index (χ1n) is 9.40. The highest BCUT2D eigenvalue weighted by molar-refractivity contribution is 7.89. The second kappa shape index (κ2) is 9.71. The summed E-state index contributed by atoms with van der Waals surface area (Å²) in [5.74, 6) is 0.00429. The maximum Gasteiger partial charge on any atom is 0.321 e. The van der Waals surface area contributed by atoms with E-state index < -0.39 is 22.5 Å². The van der Waals surface area contributed by atoms with Crippen LogP contribution in [0.3, 0.4) is 0 Å². The SMILES string of the molecule is COc1cccc(-c2noc(COC(=O)CN(C)S(=O)(=O)c3ccc(C(C)=O)cc3)n2)c1.